The summed E-state index contributed by atoms with van der Waals surface area (Å²) in [6.07, 6.45) is -1.78. The minimum atomic E-state index is -4.31. The first-order valence-corrected chi connectivity index (χ1v) is 8.94. The predicted molar refractivity (Wildman–Crippen MR) is 115 cm³/mol. The van der Waals surface area contributed by atoms with Gasteiger partial charge in [-0.05, 0) is 11.1 Å². The second kappa shape index (κ2) is 12.6. The molecule has 0 aliphatic rings. The summed E-state index contributed by atoms with van der Waals surface area (Å²) in [5.74, 6) is 1.59. The molecule has 162 valence electrons. The number of ether oxygens (including phenoxy) is 1. The fourth-order valence-corrected chi connectivity index (χ4v) is 2.48. The largest absolute Gasteiger partial charge is 0.411 e. The second-order valence-corrected chi connectivity index (χ2v) is 6.07. The number of hydrogen-bond donors (Lipinski definition) is 2. The van der Waals surface area contributed by atoms with Crippen molar-refractivity contribution < 1.29 is 17.9 Å². The minimum Gasteiger partial charge on any atom is -0.367 e. The third kappa shape index (κ3) is 9.43. The van der Waals surface area contributed by atoms with E-state index in [1.54, 1.807) is 25.5 Å². The molecule has 0 spiro atoms. The molecule has 11 heteroatoms. The smallest absolute Gasteiger partial charge is 0.367 e. The van der Waals surface area contributed by atoms with Crippen LogP contribution in [-0.4, -0.2) is 47.1 Å². The lowest BCUT2D eigenvalue weighted by Crippen LogP contribution is -2.38. The van der Waals surface area contributed by atoms with Crippen molar-refractivity contribution in [3.63, 3.8) is 0 Å². The fraction of sp³-hybridized carbons (Fsp3) is 0.500. The Hall–Kier alpha value is -1.89. The minimum absolute atomic E-state index is 0. The zero-order valence-corrected chi connectivity index (χ0v) is 18.7. The number of alkyl halides is 3. The second-order valence-electron chi connectivity index (χ2n) is 6.07. The van der Waals surface area contributed by atoms with E-state index < -0.39 is 12.8 Å². The van der Waals surface area contributed by atoms with E-state index in [2.05, 4.69) is 30.6 Å². The quantitative estimate of drug-likeness (QED) is 0.299. The van der Waals surface area contributed by atoms with Crippen LogP contribution in [0, 0.1) is 0 Å². The van der Waals surface area contributed by atoms with Crippen LogP contribution in [0.3, 0.4) is 0 Å². The van der Waals surface area contributed by atoms with E-state index in [-0.39, 0.29) is 30.6 Å². The fourth-order valence-electron chi connectivity index (χ4n) is 2.48. The molecule has 2 N–H and O–H groups in total. The summed E-state index contributed by atoms with van der Waals surface area (Å²) >= 11 is 0. The Bertz CT molecular complexity index is 749. The molecule has 0 aliphatic heterocycles. The number of hydrogen-bond acceptors (Lipinski definition) is 4. The molecule has 0 saturated heterocycles. The van der Waals surface area contributed by atoms with Crippen LogP contribution in [0.1, 0.15) is 23.9 Å². The Morgan fingerprint density at radius 1 is 1.17 bits per heavy atom. The highest BCUT2D eigenvalue weighted by atomic mass is 127. The third-order valence-corrected chi connectivity index (χ3v) is 3.90. The van der Waals surface area contributed by atoms with Crippen molar-refractivity contribution in [1.82, 2.24) is 25.4 Å². The Balaban J connectivity index is 0.00000420. The molecule has 2 aromatic rings. The van der Waals surface area contributed by atoms with Gasteiger partial charge in [0.2, 0.25) is 0 Å². The summed E-state index contributed by atoms with van der Waals surface area (Å²) in [4.78, 5) is 4.17. The van der Waals surface area contributed by atoms with E-state index in [4.69, 9.17) is 0 Å². The van der Waals surface area contributed by atoms with Crippen LogP contribution in [0.25, 0.3) is 0 Å². The molecule has 2 rings (SSSR count). The first kappa shape index (κ1) is 25.1. The number of benzene rings is 1. The van der Waals surface area contributed by atoms with Crippen LogP contribution in [0.15, 0.2) is 35.6 Å². The molecule has 1 heterocycles. The number of rotatable bonds is 9. The van der Waals surface area contributed by atoms with E-state index in [1.807, 2.05) is 23.6 Å². The van der Waals surface area contributed by atoms with Crippen molar-refractivity contribution in [3.05, 3.63) is 47.5 Å². The van der Waals surface area contributed by atoms with Crippen LogP contribution < -0.4 is 10.6 Å². The van der Waals surface area contributed by atoms with Gasteiger partial charge in [-0.1, -0.05) is 31.2 Å². The van der Waals surface area contributed by atoms with E-state index in [1.165, 1.54) is 0 Å². The summed E-state index contributed by atoms with van der Waals surface area (Å²) in [6, 6.07) is 7.19. The molecular weight excluding hydrogens is 500 g/mol. The van der Waals surface area contributed by atoms with Gasteiger partial charge < -0.3 is 19.9 Å². The Morgan fingerprint density at radius 2 is 1.86 bits per heavy atom. The number of nitrogens with one attached hydrogen (secondary N) is 2. The molecule has 0 radical (unpaired) electrons. The normalized spacial score (nSPS) is 11.8. The van der Waals surface area contributed by atoms with E-state index in [0.717, 1.165) is 24.4 Å². The maximum Gasteiger partial charge on any atom is 0.411 e. The van der Waals surface area contributed by atoms with Gasteiger partial charge >= 0.3 is 6.18 Å². The van der Waals surface area contributed by atoms with Gasteiger partial charge in [0.15, 0.2) is 5.96 Å². The van der Waals surface area contributed by atoms with Crippen molar-refractivity contribution in [2.75, 3.05) is 20.2 Å². The lowest BCUT2D eigenvalue weighted by molar-refractivity contribution is -0.176. The Labute approximate surface area is 185 Å². The molecule has 29 heavy (non-hydrogen) atoms. The zero-order chi connectivity index (χ0) is 20.4. The molecule has 0 bridgehead atoms. The number of aromatic nitrogens is 3. The first-order chi connectivity index (χ1) is 13.4. The Kier molecular flexibility index (Phi) is 10.9. The van der Waals surface area contributed by atoms with Gasteiger partial charge in [0.05, 0.1) is 6.61 Å². The molecule has 0 amide bonds. The van der Waals surface area contributed by atoms with Gasteiger partial charge in [0, 0.05) is 33.1 Å². The van der Waals surface area contributed by atoms with Crippen LogP contribution in [-0.2, 0) is 30.9 Å². The molecular formula is C18H26F3IN6O. The van der Waals surface area contributed by atoms with Gasteiger partial charge in [-0.2, -0.15) is 13.2 Å². The van der Waals surface area contributed by atoms with Crippen LogP contribution in [0.4, 0.5) is 13.2 Å². The van der Waals surface area contributed by atoms with Gasteiger partial charge in [-0.25, -0.2) is 0 Å². The maximum atomic E-state index is 12.1. The standard InChI is InChI=1S/C18H25F3N6O.HI/c1-3-16-26-25-13-27(16)9-8-23-17(22-2)24-10-14-4-6-15(7-5-14)11-28-12-18(19,20)21;/h4-7,13H,3,8-12H2,1-2H3,(H2,22,23,24);1H. The molecule has 1 aromatic heterocycles. The van der Waals surface area contributed by atoms with Gasteiger partial charge in [-0.15, -0.1) is 34.2 Å². The van der Waals surface area contributed by atoms with Crippen molar-refractivity contribution >= 4 is 29.9 Å². The van der Waals surface area contributed by atoms with Gasteiger partial charge in [0.25, 0.3) is 0 Å². The SMILES string of the molecule is CCc1nncn1CCNC(=NC)NCc1ccc(COCC(F)(F)F)cc1.I. The van der Waals surface area contributed by atoms with Crippen LogP contribution in [0.2, 0.25) is 0 Å². The molecule has 7 nitrogen and oxygen atoms in total. The van der Waals surface area contributed by atoms with Gasteiger partial charge in [0.1, 0.15) is 18.8 Å². The maximum absolute atomic E-state index is 12.1. The number of nitrogens with zero attached hydrogens (tertiary/aromatic N) is 4. The Morgan fingerprint density at radius 3 is 2.48 bits per heavy atom. The van der Waals surface area contributed by atoms with Crippen molar-refractivity contribution in [2.45, 2.75) is 39.2 Å². The number of aryl methyl sites for hydroxylation is 1. The van der Waals surface area contributed by atoms with E-state index in [0.29, 0.717) is 24.6 Å². The van der Waals surface area contributed by atoms with Crippen molar-refractivity contribution in [3.8, 4) is 0 Å². The zero-order valence-electron chi connectivity index (χ0n) is 16.4. The molecule has 0 saturated carbocycles. The van der Waals surface area contributed by atoms with Crippen LogP contribution in [0.5, 0.6) is 0 Å². The molecule has 0 fully saturated rings. The molecule has 0 unspecified atom stereocenters. The van der Waals surface area contributed by atoms with Gasteiger partial charge in [-0.3, -0.25) is 4.99 Å². The highest BCUT2D eigenvalue weighted by Crippen LogP contribution is 2.15. The van der Waals surface area contributed by atoms with E-state index in [9.17, 15) is 13.2 Å². The number of halogens is 4. The molecule has 0 atom stereocenters. The number of aliphatic imine (C=N–C) groups is 1. The lowest BCUT2D eigenvalue weighted by atomic mass is 10.1. The summed E-state index contributed by atoms with van der Waals surface area (Å²) in [6.45, 7) is 2.65. The summed E-state index contributed by atoms with van der Waals surface area (Å²) in [5, 5.41) is 14.4. The lowest BCUT2D eigenvalue weighted by Gasteiger charge is -2.13. The highest BCUT2D eigenvalue weighted by Gasteiger charge is 2.27. The average molecular weight is 526 g/mol. The average Bonchev–Trinajstić information content (AvgIpc) is 3.12. The molecule has 0 aliphatic carbocycles. The van der Waals surface area contributed by atoms with Crippen molar-refractivity contribution in [2.24, 2.45) is 4.99 Å². The van der Waals surface area contributed by atoms with E-state index >= 15 is 0 Å². The van der Waals surface area contributed by atoms with Crippen LogP contribution >= 0.6 is 24.0 Å². The highest BCUT2D eigenvalue weighted by molar-refractivity contribution is 14.0. The first-order valence-electron chi connectivity index (χ1n) is 8.94. The topological polar surface area (TPSA) is 76.4 Å². The third-order valence-electron chi connectivity index (χ3n) is 3.90. The van der Waals surface area contributed by atoms with Crippen molar-refractivity contribution in [1.29, 1.82) is 0 Å². The molecule has 1 aromatic carbocycles. The summed E-state index contributed by atoms with van der Waals surface area (Å²) in [5.41, 5.74) is 1.67. The summed E-state index contributed by atoms with van der Waals surface area (Å²) in [7, 11) is 1.69. The summed E-state index contributed by atoms with van der Waals surface area (Å²) < 4.78 is 42.9. The number of guanidine groups is 1. The monoisotopic (exact) mass is 526 g/mol. The predicted octanol–water partition coefficient (Wildman–Crippen LogP) is 2.90.